The molecule has 5 nitrogen and oxygen atoms in total. The Kier molecular flexibility index (Phi) is 2.60. The molecule has 1 aromatic carbocycles. The number of carbonyl (C=O) groups excluding carboxylic acids is 3. The largest absolute Gasteiger partial charge is 0.359 e. The molecule has 23 heavy (non-hydrogen) atoms. The summed E-state index contributed by atoms with van der Waals surface area (Å²) < 4.78 is 5.97. The van der Waals surface area contributed by atoms with Gasteiger partial charge >= 0.3 is 0 Å². The van der Waals surface area contributed by atoms with E-state index in [9.17, 15) is 14.4 Å². The van der Waals surface area contributed by atoms with Crippen molar-refractivity contribution in [3.05, 3.63) is 42.0 Å². The summed E-state index contributed by atoms with van der Waals surface area (Å²) in [7, 11) is 0. The molecule has 0 saturated carbocycles. The maximum absolute atomic E-state index is 12.9. The van der Waals surface area contributed by atoms with Crippen LogP contribution in [0.5, 0.6) is 0 Å². The second-order valence-electron chi connectivity index (χ2n) is 6.88. The van der Waals surface area contributed by atoms with Crippen LogP contribution in [-0.4, -0.2) is 28.8 Å². The first-order chi connectivity index (χ1) is 10.8. The average molecular weight is 311 g/mol. The number of carbonyl (C=O) groups is 3. The highest BCUT2D eigenvalue weighted by Crippen LogP contribution is 2.57. The molecular weight excluding hydrogens is 294 g/mol. The van der Waals surface area contributed by atoms with E-state index >= 15 is 0 Å². The van der Waals surface area contributed by atoms with Gasteiger partial charge in [-0.05, 0) is 32.9 Å². The number of Topliss-reactive ketones (excluding diaryl/α,β-unsaturated/α-hetero) is 1. The lowest BCUT2D eigenvalue weighted by Gasteiger charge is -2.25. The third-order valence-corrected chi connectivity index (χ3v) is 5.24. The molecule has 3 aliphatic heterocycles. The van der Waals surface area contributed by atoms with Crippen molar-refractivity contribution in [3.8, 4) is 0 Å². The average Bonchev–Trinajstić information content (AvgIpc) is 3.04. The lowest BCUT2D eigenvalue weighted by atomic mass is 9.73. The number of hydrogen-bond donors (Lipinski definition) is 0. The van der Waals surface area contributed by atoms with Gasteiger partial charge in [0.1, 0.15) is 0 Å². The molecule has 118 valence electrons. The number of fused-ring (bicyclic) bond motifs is 5. The van der Waals surface area contributed by atoms with Gasteiger partial charge in [0.25, 0.3) is 0 Å². The molecule has 2 amide bonds. The van der Waals surface area contributed by atoms with Crippen LogP contribution in [-0.2, 0) is 14.3 Å². The first-order valence-corrected chi connectivity index (χ1v) is 7.66. The lowest BCUT2D eigenvalue weighted by Crippen LogP contribution is -2.39. The molecule has 0 spiro atoms. The van der Waals surface area contributed by atoms with E-state index in [0.717, 1.165) is 0 Å². The number of hydrogen-bond acceptors (Lipinski definition) is 4. The highest BCUT2D eigenvalue weighted by molar-refractivity contribution is 6.23. The third-order valence-electron chi connectivity index (χ3n) is 5.24. The monoisotopic (exact) mass is 311 g/mol. The molecule has 3 heterocycles. The molecule has 2 bridgehead atoms. The molecule has 0 aromatic heterocycles. The maximum atomic E-state index is 12.9. The second kappa shape index (κ2) is 4.17. The van der Waals surface area contributed by atoms with Crippen molar-refractivity contribution < 1.29 is 19.1 Å². The molecule has 0 radical (unpaired) electrons. The first-order valence-electron chi connectivity index (χ1n) is 7.66. The van der Waals surface area contributed by atoms with Crippen molar-refractivity contribution in [2.75, 3.05) is 4.90 Å². The summed E-state index contributed by atoms with van der Waals surface area (Å²) in [5, 5.41) is 0. The predicted molar refractivity (Wildman–Crippen MR) is 83.0 cm³/mol. The van der Waals surface area contributed by atoms with Crippen molar-refractivity contribution >= 4 is 23.3 Å². The van der Waals surface area contributed by atoms with Gasteiger partial charge in [-0.15, -0.1) is 0 Å². The minimum Gasteiger partial charge on any atom is -0.359 e. The van der Waals surface area contributed by atoms with Gasteiger partial charge in [0, 0.05) is 5.56 Å². The van der Waals surface area contributed by atoms with Crippen LogP contribution >= 0.6 is 0 Å². The van der Waals surface area contributed by atoms with E-state index in [0.29, 0.717) is 11.3 Å². The van der Waals surface area contributed by atoms with Gasteiger partial charge in [0.15, 0.2) is 5.78 Å². The maximum Gasteiger partial charge on any atom is 0.241 e. The highest BCUT2D eigenvalue weighted by Gasteiger charge is 2.70. The number of amides is 2. The van der Waals surface area contributed by atoms with Crippen LogP contribution in [0, 0.1) is 11.8 Å². The Balaban J connectivity index is 1.79. The number of imide groups is 1. The summed E-state index contributed by atoms with van der Waals surface area (Å²) in [6.07, 6.45) is 3.77. The minimum atomic E-state index is -0.737. The van der Waals surface area contributed by atoms with E-state index in [2.05, 4.69) is 0 Å². The van der Waals surface area contributed by atoms with Crippen molar-refractivity contribution in [3.63, 3.8) is 0 Å². The molecular formula is C18H17NO4. The smallest absolute Gasteiger partial charge is 0.241 e. The van der Waals surface area contributed by atoms with E-state index in [4.69, 9.17) is 4.74 Å². The number of ether oxygens (including phenoxy) is 1. The van der Waals surface area contributed by atoms with Gasteiger partial charge in [0.2, 0.25) is 11.8 Å². The predicted octanol–water partition coefficient (Wildman–Crippen LogP) is 2.11. The summed E-state index contributed by atoms with van der Waals surface area (Å²) in [5.74, 6) is -1.63. The molecule has 3 aliphatic rings. The summed E-state index contributed by atoms with van der Waals surface area (Å²) in [6, 6.07) is 6.65. The number of nitrogens with zero attached hydrogens (tertiary/aromatic N) is 1. The number of ketones is 1. The van der Waals surface area contributed by atoms with Gasteiger partial charge < -0.3 is 4.74 Å². The number of rotatable bonds is 2. The zero-order chi connectivity index (χ0) is 16.6. The zero-order valence-corrected chi connectivity index (χ0v) is 13.2. The Morgan fingerprint density at radius 1 is 1.09 bits per heavy atom. The Hall–Kier alpha value is -2.27. The van der Waals surface area contributed by atoms with Crippen LogP contribution in [0.1, 0.15) is 31.1 Å². The van der Waals surface area contributed by atoms with Gasteiger partial charge in [0.05, 0.1) is 28.7 Å². The summed E-state index contributed by atoms with van der Waals surface area (Å²) >= 11 is 0. The molecule has 2 saturated heterocycles. The van der Waals surface area contributed by atoms with E-state index in [1.54, 1.807) is 24.3 Å². The van der Waals surface area contributed by atoms with E-state index in [1.165, 1.54) is 11.8 Å². The summed E-state index contributed by atoms with van der Waals surface area (Å²) in [4.78, 5) is 38.6. The lowest BCUT2D eigenvalue weighted by molar-refractivity contribution is -0.128. The van der Waals surface area contributed by atoms with Crippen LogP contribution in [0.15, 0.2) is 36.4 Å². The Morgan fingerprint density at radius 3 is 2.17 bits per heavy atom. The Morgan fingerprint density at radius 2 is 1.65 bits per heavy atom. The van der Waals surface area contributed by atoms with E-state index in [-0.39, 0.29) is 17.6 Å². The second-order valence-corrected chi connectivity index (χ2v) is 6.88. The van der Waals surface area contributed by atoms with Crippen molar-refractivity contribution in [2.24, 2.45) is 11.8 Å². The Bertz CT molecular complexity index is 762. The molecule has 1 aromatic rings. The minimum absolute atomic E-state index is 0.102. The number of anilines is 1. The number of benzene rings is 1. The molecule has 4 rings (SSSR count). The molecule has 0 unspecified atom stereocenters. The standard InChI is InChI=1S/C18H17NO4/c1-10(20)11-5-4-6-12(9-11)19-15(21)13-14(16(19)22)18(3)8-7-17(13,2)23-18/h4-9,13-14H,1-3H3/t13-,14+,17-,18-/m0/s1. The third kappa shape index (κ3) is 1.68. The van der Waals surface area contributed by atoms with Gasteiger partial charge in [-0.3, -0.25) is 14.4 Å². The normalized spacial score (nSPS) is 37.6. The highest BCUT2D eigenvalue weighted by atomic mass is 16.5. The molecule has 5 heteroatoms. The fraction of sp³-hybridized carbons (Fsp3) is 0.389. The van der Waals surface area contributed by atoms with Gasteiger partial charge in [-0.2, -0.15) is 0 Å². The molecule has 0 aliphatic carbocycles. The molecule has 2 fully saturated rings. The quantitative estimate of drug-likeness (QED) is 0.477. The summed E-state index contributed by atoms with van der Waals surface area (Å²) in [5.41, 5.74) is -0.540. The zero-order valence-electron chi connectivity index (χ0n) is 13.2. The van der Waals surface area contributed by atoms with Crippen LogP contribution in [0.2, 0.25) is 0 Å². The fourth-order valence-electron chi connectivity index (χ4n) is 4.15. The van der Waals surface area contributed by atoms with Crippen molar-refractivity contribution in [1.82, 2.24) is 0 Å². The van der Waals surface area contributed by atoms with E-state index < -0.39 is 23.0 Å². The summed E-state index contributed by atoms with van der Waals surface area (Å²) in [6.45, 7) is 5.15. The van der Waals surface area contributed by atoms with Crippen LogP contribution < -0.4 is 4.90 Å². The fourth-order valence-corrected chi connectivity index (χ4v) is 4.15. The van der Waals surface area contributed by atoms with Gasteiger partial charge in [-0.25, -0.2) is 4.90 Å². The Labute approximate surface area is 133 Å². The first kappa shape index (κ1) is 14.3. The van der Waals surface area contributed by atoms with E-state index in [1.807, 2.05) is 26.0 Å². The van der Waals surface area contributed by atoms with Gasteiger partial charge in [-0.1, -0.05) is 24.3 Å². The topological polar surface area (TPSA) is 63.7 Å². The SMILES string of the molecule is CC(=O)c1cccc(N2C(=O)[C@@H]3[C@H](C2=O)[C@]2(C)C=C[C@]3(C)O2)c1. The van der Waals surface area contributed by atoms with Crippen LogP contribution in [0.4, 0.5) is 5.69 Å². The van der Waals surface area contributed by atoms with Crippen molar-refractivity contribution in [1.29, 1.82) is 0 Å². The van der Waals surface area contributed by atoms with Crippen molar-refractivity contribution in [2.45, 2.75) is 32.0 Å². The van der Waals surface area contributed by atoms with Crippen LogP contribution in [0.3, 0.4) is 0 Å². The molecule has 4 atom stereocenters. The van der Waals surface area contributed by atoms with Crippen LogP contribution in [0.25, 0.3) is 0 Å². The molecule has 0 N–H and O–H groups in total.